The number of hydrogen-bond acceptors (Lipinski definition) is 4. The molecular formula is C21H24N2O4. The Morgan fingerprint density at radius 3 is 2.59 bits per heavy atom. The van der Waals surface area contributed by atoms with E-state index in [-0.39, 0.29) is 18.2 Å². The minimum atomic E-state index is -0.549. The zero-order valence-electron chi connectivity index (χ0n) is 15.8. The van der Waals surface area contributed by atoms with Crippen LogP contribution in [-0.4, -0.2) is 43.5 Å². The number of benzene rings is 2. The molecule has 1 heterocycles. The van der Waals surface area contributed by atoms with E-state index in [0.717, 1.165) is 11.3 Å². The molecule has 1 aliphatic heterocycles. The van der Waals surface area contributed by atoms with Crippen LogP contribution >= 0.6 is 0 Å². The summed E-state index contributed by atoms with van der Waals surface area (Å²) >= 11 is 0. The highest BCUT2D eigenvalue weighted by Crippen LogP contribution is 2.33. The van der Waals surface area contributed by atoms with Gasteiger partial charge in [0.1, 0.15) is 11.5 Å². The number of amides is 2. The number of ether oxygens (including phenoxy) is 2. The maximum atomic E-state index is 12.5. The maximum Gasteiger partial charge on any atom is 0.267 e. The van der Waals surface area contributed by atoms with Gasteiger partial charge in [-0.05, 0) is 36.8 Å². The van der Waals surface area contributed by atoms with Crippen molar-refractivity contribution in [1.82, 2.24) is 4.90 Å². The van der Waals surface area contributed by atoms with E-state index < -0.39 is 6.10 Å². The molecule has 0 spiro atoms. The predicted molar refractivity (Wildman–Crippen MR) is 103 cm³/mol. The quantitative estimate of drug-likeness (QED) is 0.787. The molecule has 2 amide bonds. The van der Waals surface area contributed by atoms with Crippen molar-refractivity contribution in [2.75, 3.05) is 25.6 Å². The molecule has 0 saturated heterocycles. The number of nitrogens with zero attached hydrogens (tertiary/aromatic N) is 2. The Morgan fingerprint density at radius 2 is 1.89 bits per heavy atom. The van der Waals surface area contributed by atoms with Gasteiger partial charge in [-0.1, -0.05) is 24.3 Å². The minimum Gasteiger partial charge on any atom is -0.497 e. The molecule has 27 heavy (non-hydrogen) atoms. The molecule has 1 atom stereocenters. The molecule has 1 unspecified atom stereocenters. The van der Waals surface area contributed by atoms with Gasteiger partial charge in [0.25, 0.3) is 5.91 Å². The van der Waals surface area contributed by atoms with E-state index >= 15 is 0 Å². The number of carbonyl (C=O) groups is 2. The summed E-state index contributed by atoms with van der Waals surface area (Å²) in [4.78, 5) is 28.3. The van der Waals surface area contributed by atoms with Gasteiger partial charge in [0.05, 0.1) is 12.8 Å². The smallest absolute Gasteiger partial charge is 0.267 e. The van der Waals surface area contributed by atoms with Crippen molar-refractivity contribution in [1.29, 1.82) is 0 Å². The molecule has 0 saturated carbocycles. The Bertz CT molecular complexity index is 819. The van der Waals surface area contributed by atoms with Gasteiger partial charge in [-0.25, -0.2) is 0 Å². The van der Waals surface area contributed by atoms with E-state index in [1.165, 1.54) is 0 Å². The number of anilines is 1. The fraction of sp³-hybridized carbons (Fsp3) is 0.333. The van der Waals surface area contributed by atoms with Crippen molar-refractivity contribution in [3.05, 3.63) is 54.1 Å². The van der Waals surface area contributed by atoms with Crippen LogP contribution in [0.5, 0.6) is 11.5 Å². The number of rotatable bonds is 6. The average molecular weight is 368 g/mol. The molecule has 2 aromatic rings. The number of para-hydroxylation sites is 2. The van der Waals surface area contributed by atoms with Crippen molar-refractivity contribution >= 4 is 17.5 Å². The maximum absolute atomic E-state index is 12.5. The third-order valence-electron chi connectivity index (χ3n) is 4.63. The highest BCUT2D eigenvalue weighted by molar-refractivity contribution is 6.00. The summed E-state index contributed by atoms with van der Waals surface area (Å²) in [6, 6.07) is 15.0. The molecule has 0 N–H and O–H groups in total. The summed E-state index contributed by atoms with van der Waals surface area (Å²) in [6.07, 6.45) is -0.300. The van der Waals surface area contributed by atoms with Gasteiger partial charge in [0.2, 0.25) is 5.91 Å². The molecule has 0 bridgehead atoms. The Hall–Kier alpha value is -3.02. The molecule has 1 aliphatic rings. The second-order valence-corrected chi connectivity index (χ2v) is 6.57. The number of methoxy groups -OCH3 is 1. The van der Waals surface area contributed by atoms with Crippen LogP contribution in [0.15, 0.2) is 48.5 Å². The molecule has 0 fully saturated rings. The SMILES string of the molecule is COc1ccc(CN(C)C(=O)CCN2C(=O)C(C)Oc3ccccc32)cc1. The Kier molecular flexibility index (Phi) is 5.64. The summed E-state index contributed by atoms with van der Waals surface area (Å²) in [5.41, 5.74) is 1.74. The molecule has 3 rings (SSSR count). The lowest BCUT2D eigenvalue weighted by molar-refractivity contribution is -0.130. The lowest BCUT2D eigenvalue weighted by Crippen LogP contribution is -2.45. The zero-order chi connectivity index (χ0) is 19.4. The standard InChI is InChI=1S/C21H24N2O4/c1-15-21(25)23(18-6-4-5-7-19(18)27-15)13-12-20(24)22(2)14-16-8-10-17(26-3)11-9-16/h4-11,15H,12-14H2,1-3H3. The molecular weight excluding hydrogens is 344 g/mol. The highest BCUT2D eigenvalue weighted by atomic mass is 16.5. The second-order valence-electron chi connectivity index (χ2n) is 6.57. The van der Waals surface area contributed by atoms with E-state index in [9.17, 15) is 9.59 Å². The van der Waals surface area contributed by atoms with Crippen molar-refractivity contribution < 1.29 is 19.1 Å². The van der Waals surface area contributed by atoms with Gasteiger partial charge in [-0.3, -0.25) is 9.59 Å². The van der Waals surface area contributed by atoms with Crippen LogP contribution in [0.25, 0.3) is 0 Å². The van der Waals surface area contributed by atoms with Crippen molar-refractivity contribution in [2.45, 2.75) is 26.0 Å². The minimum absolute atomic E-state index is 0.0183. The average Bonchev–Trinajstić information content (AvgIpc) is 2.68. The lowest BCUT2D eigenvalue weighted by Gasteiger charge is -2.33. The van der Waals surface area contributed by atoms with Gasteiger partial charge in [0.15, 0.2) is 6.10 Å². The first kappa shape index (κ1) is 18.8. The fourth-order valence-electron chi connectivity index (χ4n) is 3.08. The summed E-state index contributed by atoms with van der Waals surface area (Å²) in [6.45, 7) is 2.56. The van der Waals surface area contributed by atoms with Crippen molar-refractivity contribution in [3.63, 3.8) is 0 Å². The molecule has 0 radical (unpaired) electrons. The van der Waals surface area contributed by atoms with Crippen LogP contribution in [0.2, 0.25) is 0 Å². The van der Waals surface area contributed by atoms with Crippen LogP contribution in [0, 0.1) is 0 Å². The van der Waals surface area contributed by atoms with Gasteiger partial charge in [-0.15, -0.1) is 0 Å². The first-order valence-electron chi connectivity index (χ1n) is 8.93. The number of hydrogen-bond donors (Lipinski definition) is 0. The zero-order valence-corrected chi connectivity index (χ0v) is 15.8. The monoisotopic (exact) mass is 368 g/mol. The fourth-order valence-corrected chi connectivity index (χ4v) is 3.08. The third kappa shape index (κ3) is 4.22. The summed E-state index contributed by atoms with van der Waals surface area (Å²) in [5.74, 6) is 1.31. The van der Waals surface area contributed by atoms with E-state index in [1.807, 2.05) is 48.5 Å². The molecule has 6 nitrogen and oxygen atoms in total. The van der Waals surface area contributed by atoms with Crippen LogP contribution < -0.4 is 14.4 Å². The van der Waals surface area contributed by atoms with Gasteiger partial charge in [-0.2, -0.15) is 0 Å². The lowest BCUT2D eigenvalue weighted by atomic mass is 10.1. The van der Waals surface area contributed by atoms with Crippen LogP contribution in [0.1, 0.15) is 18.9 Å². The molecule has 6 heteroatoms. The van der Waals surface area contributed by atoms with Gasteiger partial charge in [0, 0.05) is 26.6 Å². The van der Waals surface area contributed by atoms with Crippen LogP contribution in [0.3, 0.4) is 0 Å². The third-order valence-corrected chi connectivity index (χ3v) is 4.63. The van der Waals surface area contributed by atoms with Gasteiger partial charge < -0.3 is 19.3 Å². The molecule has 0 aromatic heterocycles. The van der Waals surface area contributed by atoms with Gasteiger partial charge >= 0.3 is 0 Å². The summed E-state index contributed by atoms with van der Waals surface area (Å²) < 4.78 is 10.8. The van der Waals surface area contributed by atoms with Crippen molar-refractivity contribution in [2.24, 2.45) is 0 Å². The highest BCUT2D eigenvalue weighted by Gasteiger charge is 2.31. The van der Waals surface area contributed by atoms with E-state index in [4.69, 9.17) is 9.47 Å². The molecule has 2 aromatic carbocycles. The molecule has 142 valence electrons. The summed E-state index contributed by atoms with van der Waals surface area (Å²) in [5, 5.41) is 0. The normalized spacial score (nSPS) is 15.7. The largest absolute Gasteiger partial charge is 0.497 e. The Balaban J connectivity index is 1.61. The first-order chi connectivity index (χ1) is 13.0. The Labute approximate surface area is 159 Å². The topological polar surface area (TPSA) is 59.1 Å². The number of carbonyl (C=O) groups excluding carboxylic acids is 2. The first-order valence-corrected chi connectivity index (χ1v) is 8.93. The van der Waals surface area contributed by atoms with E-state index in [0.29, 0.717) is 24.5 Å². The molecule has 0 aliphatic carbocycles. The Morgan fingerprint density at radius 1 is 1.19 bits per heavy atom. The summed E-state index contributed by atoms with van der Waals surface area (Å²) in [7, 11) is 3.39. The van der Waals surface area contributed by atoms with E-state index in [2.05, 4.69) is 0 Å². The van der Waals surface area contributed by atoms with Crippen LogP contribution in [0.4, 0.5) is 5.69 Å². The second kappa shape index (κ2) is 8.12. The predicted octanol–water partition coefficient (Wildman–Crippen LogP) is 2.86. The van der Waals surface area contributed by atoms with E-state index in [1.54, 1.807) is 30.9 Å². The number of fused-ring (bicyclic) bond motifs is 1. The van der Waals surface area contributed by atoms with Crippen LogP contribution in [-0.2, 0) is 16.1 Å². The van der Waals surface area contributed by atoms with Crippen molar-refractivity contribution in [3.8, 4) is 11.5 Å².